The first-order valence-corrected chi connectivity index (χ1v) is 5.35. The maximum absolute atomic E-state index is 12.2. The molecule has 96 valence electrons. The minimum atomic E-state index is -4.35. The summed E-state index contributed by atoms with van der Waals surface area (Å²) >= 11 is 11.6. The Morgan fingerprint density at radius 1 is 1.29 bits per heavy atom. The summed E-state index contributed by atoms with van der Waals surface area (Å²) in [5, 5.41) is 0.271. The number of hydrogen-bond acceptors (Lipinski definition) is 2. The molecule has 0 aliphatic rings. The Morgan fingerprint density at radius 3 is 2.35 bits per heavy atom. The molecular weight excluding hydrogens is 278 g/mol. The molecule has 2 nitrogen and oxygen atoms in total. The molecular formula is C10H10Cl2F3NO. The van der Waals surface area contributed by atoms with E-state index in [0.717, 1.165) is 0 Å². The molecule has 0 spiro atoms. The van der Waals surface area contributed by atoms with Gasteiger partial charge in [0.15, 0.2) is 0 Å². The largest absolute Gasteiger partial charge is 0.495 e. The van der Waals surface area contributed by atoms with Crippen LogP contribution in [0.5, 0.6) is 5.75 Å². The van der Waals surface area contributed by atoms with Gasteiger partial charge >= 0.3 is 6.18 Å². The molecule has 0 saturated heterocycles. The van der Waals surface area contributed by atoms with E-state index in [2.05, 4.69) is 0 Å². The molecule has 1 rings (SSSR count). The predicted octanol–water partition coefficient (Wildman–Crippen LogP) is 3.95. The first-order chi connectivity index (χ1) is 7.74. The van der Waals surface area contributed by atoms with Crippen LogP contribution in [0.3, 0.4) is 0 Å². The van der Waals surface area contributed by atoms with Gasteiger partial charge in [0.1, 0.15) is 5.75 Å². The molecule has 1 aromatic carbocycles. The van der Waals surface area contributed by atoms with Crippen LogP contribution >= 0.6 is 23.2 Å². The van der Waals surface area contributed by atoms with Crippen LogP contribution in [0.4, 0.5) is 13.2 Å². The number of hydrogen-bond donors (Lipinski definition) is 1. The van der Waals surface area contributed by atoms with E-state index in [9.17, 15) is 13.2 Å². The second-order valence-corrected chi connectivity index (χ2v) is 4.25. The summed E-state index contributed by atoms with van der Waals surface area (Å²) in [6.07, 6.45) is -5.51. The van der Waals surface area contributed by atoms with E-state index in [1.165, 1.54) is 19.2 Å². The number of benzene rings is 1. The number of rotatable bonds is 3. The topological polar surface area (TPSA) is 35.2 Å². The SMILES string of the molecule is COc1cc(Cl)c(C(N)CC(F)(F)F)cc1Cl. The third-order valence-corrected chi connectivity index (χ3v) is 2.74. The van der Waals surface area contributed by atoms with Gasteiger partial charge in [-0.1, -0.05) is 23.2 Å². The van der Waals surface area contributed by atoms with Gasteiger partial charge < -0.3 is 10.5 Å². The molecule has 0 radical (unpaired) electrons. The Labute approximate surface area is 106 Å². The molecule has 0 aliphatic heterocycles. The number of ether oxygens (including phenoxy) is 1. The summed E-state index contributed by atoms with van der Waals surface area (Å²) in [7, 11) is 1.38. The number of nitrogens with two attached hydrogens (primary N) is 1. The zero-order chi connectivity index (χ0) is 13.2. The van der Waals surface area contributed by atoms with Crippen molar-refractivity contribution in [1.82, 2.24) is 0 Å². The summed E-state index contributed by atoms with van der Waals surface area (Å²) in [6.45, 7) is 0. The second kappa shape index (κ2) is 5.33. The van der Waals surface area contributed by atoms with Crippen molar-refractivity contribution in [3.63, 3.8) is 0 Å². The molecule has 0 heterocycles. The van der Waals surface area contributed by atoms with Crippen LogP contribution in [0.1, 0.15) is 18.0 Å². The molecule has 0 aromatic heterocycles. The molecule has 1 unspecified atom stereocenters. The Hall–Kier alpha value is -0.650. The smallest absolute Gasteiger partial charge is 0.390 e. The average molecular weight is 288 g/mol. The van der Waals surface area contributed by atoms with Crippen LogP contribution in [0.25, 0.3) is 0 Å². The van der Waals surface area contributed by atoms with E-state index in [1.807, 2.05) is 0 Å². The van der Waals surface area contributed by atoms with Gasteiger partial charge in [-0.15, -0.1) is 0 Å². The lowest BCUT2D eigenvalue weighted by Crippen LogP contribution is -2.20. The highest BCUT2D eigenvalue weighted by molar-refractivity contribution is 6.34. The fraction of sp³-hybridized carbons (Fsp3) is 0.400. The minimum Gasteiger partial charge on any atom is -0.495 e. The van der Waals surface area contributed by atoms with Crippen molar-refractivity contribution >= 4 is 23.2 Å². The Balaban J connectivity index is 3.02. The molecule has 0 amide bonds. The van der Waals surface area contributed by atoms with Gasteiger partial charge in [0.2, 0.25) is 0 Å². The van der Waals surface area contributed by atoms with Crippen molar-refractivity contribution in [2.45, 2.75) is 18.6 Å². The van der Waals surface area contributed by atoms with Crippen LogP contribution < -0.4 is 10.5 Å². The summed E-state index contributed by atoms with van der Waals surface area (Å²) in [4.78, 5) is 0. The van der Waals surface area contributed by atoms with Crippen molar-refractivity contribution < 1.29 is 17.9 Å². The van der Waals surface area contributed by atoms with Crippen molar-refractivity contribution in [2.75, 3.05) is 7.11 Å². The standard InChI is InChI=1S/C10H10Cl2F3NO/c1-17-9-3-6(11)5(2-7(9)12)8(16)4-10(13,14)15/h2-3,8H,4,16H2,1H3. The first-order valence-electron chi connectivity index (χ1n) is 4.60. The Morgan fingerprint density at radius 2 is 1.88 bits per heavy atom. The van der Waals surface area contributed by atoms with E-state index >= 15 is 0 Å². The van der Waals surface area contributed by atoms with E-state index in [0.29, 0.717) is 5.75 Å². The quantitative estimate of drug-likeness (QED) is 0.913. The van der Waals surface area contributed by atoms with Gasteiger partial charge in [-0.2, -0.15) is 13.2 Å². The lowest BCUT2D eigenvalue weighted by Gasteiger charge is -2.17. The van der Waals surface area contributed by atoms with Crippen LogP contribution in [-0.2, 0) is 0 Å². The molecule has 2 N–H and O–H groups in total. The third-order valence-electron chi connectivity index (χ3n) is 2.12. The number of halogens is 5. The molecule has 0 bridgehead atoms. The van der Waals surface area contributed by atoms with Crippen LogP contribution in [-0.4, -0.2) is 13.3 Å². The van der Waals surface area contributed by atoms with E-state index < -0.39 is 18.6 Å². The molecule has 1 aromatic rings. The Bertz CT molecular complexity index is 409. The first kappa shape index (κ1) is 14.4. The summed E-state index contributed by atoms with van der Waals surface area (Å²) < 4.78 is 41.4. The molecule has 0 saturated carbocycles. The number of alkyl halides is 3. The lowest BCUT2D eigenvalue weighted by molar-refractivity contribution is -0.138. The zero-order valence-corrected chi connectivity index (χ0v) is 10.3. The van der Waals surface area contributed by atoms with Gasteiger partial charge in [0, 0.05) is 17.1 Å². The summed E-state index contributed by atoms with van der Waals surface area (Å²) in [5.74, 6) is 0.291. The highest BCUT2D eigenvalue weighted by atomic mass is 35.5. The third kappa shape index (κ3) is 3.94. The summed E-state index contributed by atoms with van der Waals surface area (Å²) in [5.41, 5.74) is 5.59. The molecule has 0 aliphatic carbocycles. The van der Waals surface area contributed by atoms with Crippen LogP contribution in [0.2, 0.25) is 10.0 Å². The predicted molar refractivity (Wildman–Crippen MR) is 60.6 cm³/mol. The fourth-order valence-electron chi connectivity index (χ4n) is 1.34. The minimum absolute atomic E-state index is 0.100. The van der Waals surface area contributed by atoms with Crippen molar-refractivity contribution in [2.24, 2.45) is 5.73 Å². The van der Waals surface area contributed by atoms with Gasteiger partial charge in [0.25, 0.3) is 0 Å². The van der Waals surface area contributed by atoms with E-state index in [-0.39, 0.29) is 15.6 Å². The van der Waals surface area contributed by atoms with Gasteiger partial charge in [0.05, 0.1) is 18.6 Å². The van der Waals surface area contributed by atoms with Gasteiger partial charge in [-0.05, 0) is 11.6 Å². The maximum atomic E-state index is 12.2. The van der Waals surface area contributed by atoms with Gasteiger partial charge in [-0.25, -0.2) is 0 Å². The highest BCUT2D eigenvalue weighted by Gasteiger charge is 2.32. The lowest BCUT2D eigenvalue weighted by atomic mass is 10.0. The van der Waals surface area contributed by atoms with Crippen LogP contribution in [0, 0.1) is 0 Å². The molecule has 17 heavy (non-hydrogen) atoms. The maximum Gasteiger partial charge on any atom is 0.390 e. The molecule has 0 fully saturated rings. The highest BCUT2D eigenvalue weighted by Crippen LogP contribution is 2.36. The summed E-state index contributed by atoms with van der Waals surface area (Å²) in [6, 6.07) is 1.39. The zero-order valence-electron chi connectivity index (χ0n) is 8.81. The normalized spacial score (nSPS) is 13.6. The second-order valence-electron chi connectivity index (χ2n) is 3.43. The fourth-order valence-corrected chi connectivity index (χ4v) is 1.89. The van der Waals surface area contributed by atoms with Gasteiger partial charge in [-0.3, -0.25) is 0 Å². The van der Waals surface area contributed by atoms with E-state index in [1.54, 1.807) is 0 Å². The van der Waals surface area contributed by atoms with E-state index in [4.69, 9.17) is 33.7 Å². The Kier molecular flexibility index (Phi) is 4.52. The monoisotopic (exact) mass is 287 g/mol. The van der Waals surface area contributed by atoms with Crippen molar-refractivity contribution in [3.8, 4) is 5.75 Å². The average Bonchev–Trinajstić information content (AvgIpc) is 2.18. The number of methoxy groups -OCH3 is 1. The van der Waals surface area contributed by atoms with Crippen LogP contribution in [0.15, 0.2) is 12.1 Å². The molecule has 7 heteroatoms. The van der Waals surface area contributed by atoms with Crippen molar-refractivity contribution in [3.05, 3.63) is 27.7 Å². The van der Waals surface area contributed by atoms with Crippen molar-refractivity contribution in [1.29, 1.82) is 0 Å². The molecule has 1 atom stereocenters.